The van der Waals surface area contributed by atoms with Crippen LogP contribution in [0, 0.1) is 33.1 Å². The second-order valence-corrected chi connectivity index (χ2v) is 10.8. The van der Waals surface area contributed by atoms with Crippen LogP contribution in [0.2, 0.25) is 0 Å². The van der Waals surface area contributed by atoms with Crippen molar-refractivity contribution in [1.29, 1.82) is 0 Å². The molecule has 6 nitrogen and oxygen atoms in total. The van der Waals surface area contributed by atoms with E-state index in [1.165, 1.54) is 17.4 Å². The highest BCUT2D eigenvalue weighted by molar-refractivity contribution is 5.55. The first kappa shape index (κ1) is 26.8. The number of benzene rings is 1. The van der Waals surface area contributed by atoms with Crippen molar-refractivity contribution in [3.63, 3.8) is 0 Å². The zero-order chi connectivity index (χ0) is 23.3. The first-order valence-electron chi connectivity index (χ1n) is 10.1. The van der Waals surface area contributed by atoms with Crippen molar-refractivity contribution in [1.82, 2.24) is 0 Å². The lowest BCUT2D eigenvalue weighted by atomic mass is 9.75. The zero-order valence-corrected chi connectivity index (χ0v) is 20.2. The Bertz CT molecular complexity index is 641. The third kappa shape index (κ3) is 10.2. The Labute approximate surface area is 183 Å². The molecule has 0 bridgehead atoms. The van der Waals surface area contributed by atoms with Gasteiger partial charge in [-0.15, -0.1) is 10.2 Å². The topological polar surface area (TPSA) is 105 Å². The minimum atomic E-state index is -4.94. The van der Waals surface area contributed by atoms with Gasteiger partial charge >= 0.3 is 0 Å². The molecule has 1 aromatic rings. The van der Waals surface area contributed by atoms with Gasteiger partial charge in [-0.3, -0.25) is 0 Å². The fourth-order valence-corrected chi connectivity index (χ4v) is 3.16. The van der Waals surface area contributed by atoms with Crippen molar-refractivity contribution in [3.05, 3.63) is 42.0 Å². The number of hydrogen-bond acceptors (Lipinski definition) is 6. The molecule has 2 rings (SSSR count). The summed E-state index contributed by atoms with van der Waals surface area (Å²) in [5.41, 5.74) is 2.76. The molecule has 170 valence electrons. The van der Waals surface area contributed by atoms with Gasteiger partial charge in [0.25, 0.3) is 0 Å². The molecule has 1 fully saturated rings. The molecule has 0 amide bonds. The van der Waals surface area contributed by atoms with E-state index < -0.39 is 10.2 Å². The predicted molar refractivity (Wildman–Crippen MR) is 110 cm³/mol. The number of ether oxygens (including phenoxy) is 1. The lowest BCUT2D eigenvalue weighted by molar-refractivity contribution is -2.00. The molecule has 0 aromatic heterocycles. The van der Waals surface area contributed by atoms with Crippen LogP contribution in [-0.4, -0.2) is 20.2 Å². The third-order valence-corrected chi connectivity index (χ3v) is 5.02. The van der Waals surface area contributed by atoms with E-state index in [4.69, 9.17) is 23.4 Å². The summed E-state index contributed by atoms with van der Waals surface area (Å²) in [4.78, 5) is 2.13. The molecule has 1 saturated heterocycles. The molecule has 0 radical (unpaired) electrons. The van der Waals surface area contributed by atoms with Gasteiger partial charge in [-0.2, -0.15) is 4.74 Å². The van der Waals surface area contributed by atoms with E-state index in [0.29, 0.717) is 5.92 Å². The largest absolute Gasteiger partial charge is 0.378 e. The molecule has 0 N–H and O–H groups in total. The molecule has 1 heterocycles. The van der Waals surface area contributed by atoms with Gasteiger partial charge in [0, 0.05) is 25.7 Å². The average molecular weight is 442 g/mol. The molecule has 7 heteroatoms. The van der Waals surface area contributed by atoms with Crippen LogP contribution in [0.4, 0.5) is 5.69 Å². The summed E-state index contributed by atoms with van der Waals surface area (Å²) in [5, 5.41) is 0. The van der Waals surface area contributed by atoms with Crippen molar-refractivity contribution in [3.8, 4) is 0 Å². The van der Waals surface area contributed by atoms with Crippen LogP contribution in [0.5, 0.6) is 0 Å². The smallest absolute Gasteiger partial charge is 0.247 e. The molecule has 2 atom stereocenters. The molecule has 0 aliphatic carbocycles. The molecular formula is C23H36ClNO5. The van der Waals surface area contributed by atoms with Crippen LogP contribution >= 0.6 is 0 Å². The van der Waals surface area contributed by atoms with E-state index in [1.807, 2.05) is 0 Å². The maximum Gasteiger partial charge on any atom is 0.247 e. The summed E-state index contributed by atoms with van der Waals surface area (Å²) in [6.45, 7) is 13.6. The van der Waals surface area contributed by atoms with Crippen LogP contribution in [0.1, 0.15) is 59.9 Å². The lowest BCUT2D eigenvalue weighted by Gasteiger charge is -2.37. The predicted octanol–water partition coefficient (Wildman–Crippen LogP) is 1.43. The Hall–Kier alpha value is -1.28. The molecular weight excluding hydrogens is 406 g/mol. The van der Waals surface area contributed by atoms with Crippen molar-refractivity contribution in [2.24, 2.45) is 16.7 Å². The van der Waals surface area contributed by atoms with E-state index in [1.54, 1.807) is 0 Å². The minimum absolute atomic E-state index is 0.101. The highest BCUT2D eigenvalue weighted by Gasteiger charge is 2.49. The Balaban J connectivity index is 0.000000804. The number of allylic oxidation sites excluding steroid dienone is 1. The van der Waals surface area contributed by atoms with Crippen LogP contribution in [0.15, 0.2) is 30.3 Å². The quantitative estimate of drug-likeness (QED) is 0.657. The molecule has 30 heavy (non-hydrogen) atoms. The number of hydrogen-bond donors (Lipinski definition) is 0. The minimum Gasteiger partial charge on any atom is -0.378 e. The van der Waals surface area contributed by atoms with Gasteiger partial charge in [-0.25, -0.2) is 18.6 Å². The fraction of sp³-hybridized carbons (Fsp3) is 0.609. The van der Waals surface area contributed by atoms with Gasteiger partial charge < -0.3 is 4.90 Å². The van der Waals surface area contributed by atoms with Crippen molar-refractivity contribution < 1.29 is 33.6 Å². The Morgan fingerprint density at radius 3 is 1.90 bits per heavy atom. The molecule has 1 aliphatic rings. The van der Waals surface area contributed by atoms with Gasteiger partial charge in [0.15, 0.2) is 0 Å². The van der Waals surface area contributed by atoms with Crippen LogP contribution < -0.4 is 23.5 Å². The Kier molecular flexibility index (Phi) is 9.23. The number of rotatable bonds is 3. The van der Waals surface area contributed by atoms with Crippen molar-refractivity contribution in [2.45, 2.75) is 60.5 Å². The number of halogens is 1. The van der Waals surface area contributed by atoms with E-state index in [9.17, 15) is 0 Å². The number of anilines is 1. The summed E-state index contributed by atoms with van der Waals surface area (Å²) < 4.78 is 40.4. The molecule has 2 unspecified atom stereocenters. The Morgan fingerprint density at radius 2 is 1.50 bits per heavy atom. The normalized spacial score (nSPS) is 20.7. The maximum atomic E-state index is 8.49. The summed E-state index contributed by atoms with van der Waals surface area (Å²) in [5.74, 6) is 0.542. The van der Waals surface area contributed by atoms with Gasteiger partial charge in [-0.05, 0) is 50.3 Å². The number of nitrogens with zero attached hydrogens (tertiary/aromatic N) is 1. The summed E-state index contributed by atoms with van der Waals surface area (Å²) in [7, 11) is -0.799. The summed E-state index contributed by atoms with van der Waals surface area (Å²) in [6.07, 6.45) is 8.31. The Morgan fingerprint density at radius 1 is 1.00 bits per heavy atom. The zero-order valence-electron chi connectivity index (χ0n) is 19.4. The highest BCUT2D eigenvalue weighted by Crippen LogP contribution is 2.45. The summed E-state index contributed by atoms with van der Waals surface area (Å²) >= 11 is 0. The van der Waals surface area contributed by atoms with Gasteiger partial charge in [0.1, 0.15) is 17.9 Å². The monoisotopic (exact) mass is 441 g/mol. The third-order valence-electron chi connectivity index (χ3n) is 5.02. The van der Waals surface area contributed by atoms with E-state index >= 15 is 0 Å². The first-order chi connectivity index (χ1) is 13.5. The van der Waals surface area contributed by atoms with Crippen LogP contribution in [0.25, 0.3) is 6.08 Å². The fourth-order valence-electron chi connectivity index (χ4n) is 3.16. The summed E-state index contributed by atoms with van der Waals surface area (Å²) in [6, 6.07) is 8.74. The lowest BCUT2D eigenvalue weighted by Crippen LogP contribution is -2.68. The molecule has 0 saturated carbocycles. The van der Waals surface area contributed by atoms with Crippen LogP contribution in [-0.2, 0) is 4.74 Å². The van der Waals surface area contributed by atoms with E-state index in [2.05, 4.69) is 97.0 Å². The first-order valence-corrected chi connectivity index (χ1v) is 11.3. The van der Waals surface area contributed by atoms with Crippen molar-refractivity contribution in [2.75, 3.05) is 19.0 Å². The average Bonchev–Trinajstić information content (AvgIpc) is 2.57. The highest BCUT2D eigenvalue weighted by atomic mass is 35.7. The maximum absolute atomic E-state index is 8.49. The molecule has 1 aromatic carbocycles. The van der Waals surface area contributed by atoms with Gasteiger partial charge in [0.05, 0.1) is 0 Å². The van der Waals surface area contributed by atoms with Gasteiger partial charge in [-0.1, -0.05) is 45.1 Å². The van der Waals surface area contributed by atoms with Crippen molar-refractivity contribution >= 4 is 11.8 Å². The molecule has 1 aliphatic heterocycles. The standard InChI is InChI=1S/C23H36NO.ClHO4/c1-22(2,3)20-15-18(16-21(25-20)23(4,5)6)10-9-17-11-13-19(14-12-17)24(7)8;2-1(3,4)5/h9-14,18,20H,15-16H2,1-8H3;(H,2,3,4,5)/q+1;/p-1/b10-9+;. The van der Waals surface area contributed by atoms with Crippen LogP contribution in [0.3, 0.4) is 0 Å². The second kappa shape index (κ2) is 10.4. The van der Waals surface area contributed by atoms with E-state index in [-0.39, 0.29) is 16.9 Å². The molecule has 0 spiro atoms. The second-order valence-electron chi connectivity index (χ2n) is 10.1. The van der Waals surface area contributed by atoms with Gasteiger partial charge in [0.2, 0.25) is 6.10 Å². The van der Waals surface area contributed by atoms with E-state index in [0.717, 1.165) is 12.8 Å². The SMILES string of the molecule is CN(C)c1ccc(/C=C/C2C[C+](C(C)(C)C)OC(C(C)(C)C)C2)cc1.[O-][Cl+3]([O-])([O-])[O-].